The molecule has 0 amide bonds. The highest BCUT2D eigenvalue weighted by molar-refractivity contribution is 6.32. The summed E-state index contributed by atoms with van der Waals surface area (Å²) in [5.74, 6) is 0. The van der Waals surface area contributed by atoms with Crippen LogP contribution in [0.25, 0.3) is 6.08 Å². The number of pyridine rings is 1. The van der Waals surface area contributed by atoms with Crippen LogP contribution in [0.4, 0.5) is 0 Å². The summed E-state index contributed by atoms with van der Waals surface area (Å²) in [6, 6.07) is 2.49. The fourth-order valence-electron chi connectivity index (χ4n) is 2.54. The van der Waals surface area contributed by atoms with Gasteiger partial charge in [-0.1, -0.05) is 42.3 Å². The number of rotatable bonds is 1. The minimum atomic E-state index is 0.177. The first-order valence-corrected chi connectivity index (χ1v) is 7.68. The molecule has 0 saturated heterocycles. The van der Waals surface area contributed by atoms with E-state index in [4.69, 9.17) is 16.6 Å². The molecule has 0 saturated carbocycles. The zero-order valence-electron chi connectivity index (χ0n) is 12.7. The van der Waals surface area contributed by atoms with Crippen LogP contribution in [0.2, 0.25) is 5.02 Å². The molecule has 20 heavy (non-hydrogen) atoms. The van der Waals surface area contributed by atoms with Gasteiger partial charge in [-0.3, -0.25) is 4.98 Å². The lowest BCUT2D eigenvalue weighted by molar-refractivity contribution is 0.523. The quantitative estimate of drug-likeness (QED) is 0.758. The molecule has 0 aliphatic carbocycles. The molecule has 1 aromatic rings. The van der Waals surface area contributed by atoms with Gasteiger partial charge in [-0.05, 0) is 39.7 Å². The number of hydrogen-bond donors (Lipinski definition) is 1. The zero-order chi connectivity index (χ0) is 14.7. The number of allylic oxidation sites excluding steroid dienone is 2. The summed E-state index contributed by atoms with van der Waals surface area (Å²) in [6.07, 6.45) is 8.44. The molecule has 2 atom stereocenters. The third-order valence-electron chi connectivity index (χ3n) is 3.63. The van der Waals surface area contributed by atoms with Crippen LogP contribution in [0.5, 0.6) is 0 Å². The van der Waals surface area contributed by atoms with E-state index in [-0.39, 0.29) is 6.04 Å². The Bertz CT molecular complexity index is 546. The number of hydrogen-bond acceptors (Lipinski definition) is 2. The molecule has 2 heterocycles. The van der Waals surface area contributed by atoms with Crippen LogP contribution < -0.4 is 5.32 Å². The standard InChI is InChI=1S/C17H23ClN2/c1-5-14-10-16(18)15-9-11(2)7-6-8-12(3)19-13(4)17(15)20-14/h6,8-10,12-13,19H,5,7H2,1-4H3/b8-6-,11-9?/t12-,13-/m1/s1. The minimum Gasteiger partial charge on any atom is -0.303 e. The minimum absolute atomic E-state index is 0.177. The predicted molar refractivity (Wildman–Crippen MR) is 87.0 cm³/mol. The number of nitrogens with zero attached hydrogens (tertiary/aromatic N) is 1. The van der Waals surface area contributed by atoms with Crippen molar-refractivity contribution in [3.05, 3.63) is 45.8 Å². The maximum Gasteiger partial charge on any atom is 0.0660 e. The largest absolute Gasteiger partial charge is 0.303 e. The first-order chi connectivity index (χ1) is 9.51. The zero-order valence-corrected chi connectivity index (χ0v) is 13.5. The molecule has 0 aromatic carbocycles. The van der Waals surface area contributed by atoms with E-state index >= 15 is 0 Å². The van der Waals surface area contributed by atoms with Crippen molar-refractivity contribution < 1.29 is 0 Å². The van der Waals surface area contributed by atoms with Crippen LogP contribution in [-0.2, 0) is 6.42 Å². The number of nitrogens with one attached hydrogen (secondary N) is 1. The lowest BCUT2D eigenvalue weighted by atomic mass is 10.0. The highest BCUT2D eigenvalue weighted by Crippen LogP contribution is 2.28. The molecule has 3 heteroatoms. The van der Waals surface area contributed by atoms with E-state index in [1.807, 2.05) is 6.07 Å². The van der Waals surface area contributed by atoms with Crippen molar-refractivity contribution in [1.29, 1.82) is 0 Å². The van der Waals surface area contributed by atoms with Crippen LogP contribution in [0.15, 0.2) is 23.8 Å². The van der Waals surface area contributed by atoms with Crippen molar-refractivity contribution in [3.63, 3.8) is 0 Å². The van der Waals surface area contributed by atoms with Gasteiger partial charge in [-0.15, -0.1) is 0 Å². The lowest BCUT2D eigenvalue weighted by Crippen LogP contribution is -2.28. The summed E-state index contributed by atoms with van der Waals surface area (Å²) in [5.41, 5.74) is 4.46. The van der Waals surface area contributed by atoms with Crippen LogP contribution in [0.1, 0.15) is 57.1 Å². The van der Waals surface area contributed by atoms with E-state index in [1.165, 1.54) is 5.57 Å². The van der Waals surface area contributed by atoms with Crippen molar-refractivity contribution in [2.24, 2.45) is 0 Å². The van der Waals surface area contributed by atoms with Gasteiger partial charge in [-0.2, -0.15) is 0 Å². The van der Waals surface area contributed by atoms with Crippen molar-refractivity contribution in [2.75, 3.05) is 0 Å². The number of fused-ring (bicyclic) bond motifs is 1. The number of halogens is 1. The summed E-state index contributed by atoms with van der Waals surface area (Å²) in [4.78, 5) is 4.80. The Labute approximate surface area is 126 Å². The molecule has 2 nitrogen and oxygen atoms in total. The molecule has 1 aliphatic rings. The average molecular weight is 291 g/mol. The summed E-state index contributed by atoms with van der Waals surface area (Å²) in [6.45, 7) is 8.56. The van der Waals surface area contributed by atoms with E-state index in [0.717, 1.165) is 34.8 Å². The molecule has 0 radical (unpaired) electrons. The molecule has 1 aromatic heterocycles. The van der Waals surface area contributed by atoms with Gasteiger partial charge in [0.25, 0.3) is 0 Å². The van der Waals surface area contributed by atoms with Crippen LogP contribution in [-0.4, -0.2) is 11.0 Å². The van der Waals surface area contributed by atoms with Crippen molar-refractivity contribution in [1.82, 2.24) is 10.3 Å². The second-order valence-electron chi connectivity index (χ2n) is 5.55. The summed E-state index contributed by atoms with van der Waals surface area (Å²) in [7, 11) is 0. The summed E-state index contributed by atoms with van der Waals surface area (Å²) in [5, 5.41) is 4.36. The molecule has 0 bridgehead atoms. The summed E-state index contributed by atoms with van der Waals surface area (Å²) >= 11 is 6.48. The topological polar surface area (TPSA) is 24.9 Å². The molecular formula is C17H23ClN2. The third kappa shape index (κ3) is 3.50. The van der Waals surface area contributed by atoms with E-state index < -0.39 is 0 Å². The smallest absolute Gasteiger partial charge is 0.0660 e. The second-order valence-corrected chi connectivity index (χ2v) is 5.96. The Morgan fingerprint density at radius 3 is 2.85 bits per heavy atom. The van der Waals surface area contributed by atoms with Gasteiger partial charge in [0.1, 0.15) is 0 Å². The molecule has 1 aliphatic heterocycles. The van der Waals surface area contributed by atoms with E-state index in [0.29, 0.717) is 6.04 Å². The van der Waals surface area contributed by atoms with Gasteiger partial charge >= 0.3 is 0 Å². The highest BCUT2D eigenvalue weighted by Gasteiger charge is 2.17. The Hall–Kier alpha value is -1.12. The van der Waals surface area contributed by atoms with E-state index in [2.05, 4.69) is 51.2 Å². The molecule has 2 rings (SSSR count). The van der Waals surface area contributed by atoms with Crippen molar-refractivity contribution in [2.45, 2.75) is 52.6 Å². The van der Waals surface area contributed by atoms with Crippen LogP contribution >= 0.6 is 11.6 Å². The van der Waals surface area contributed by atoms with Gasteiger partial charge in [0.15, 0.2) is 0 Å². The molecular weight excluding hydrogens is 268 g/mol. The first-order valence-electron chi connectivity index (χ1n) is 7.30. The van der Waals surface area contributed by atoms with Gasteiger partial charge in [0, 0.05) is 23.3 Å². The fraction of sp³-hybridized carbons (Fsp3) is 0.471. The lowest BCUT2D eigenvalue weighted by Gasteiger charge is -2.22. The van der Waals surface area contributed by atoms with Crippen molar-refractivity contribution in [3.8, 4) is 0 Å². The summed E-state index contributed by atoms with van der Waals surface area (Å²) < 4.78 is 0. The van der Waals surface area contributed by atoms with Crippen LogP contribution in [0.3, 0.4) is 0 Å². The monoisotopic (exact) mass is 290 g/mol. The molecule has 108 valence electrons. The number of aryl methyl sites for hydroxylation is 1. The Balaban J connectivity index is 2.57. The molecule has 1 N–H and O–H groups in total. The molecule has 0 fully saturated rings. The van der Waals surface area contributed by atoms with Crippen molar-refractivity contribution >= 4 is 17.7 Å². The van der Waals surface area contributed by atoms with E-state index in [1.54, 1.807) is 0 Å². The van der Waals surface area contributed by atoms with Gasteiger partial charge in [0.2, 0.25) is 0 Å². The predicted octanol–water partition coefficient (Wildman–Crippen LogP) is 4.70. The molecule has 0 spiro atoms. The Morgan fingerprint density at radius 2 is 2.15 bits per heavy atom. The fourth-order valence-corrected chi connectivity index (χ4v) is 2.82. The third-order valence-corrected chi connectivity index (χ3v) is 3.94. The average Bonchev–Trinajstić information content (AvgIpc) is 2.39. The normalized spacial score (nSPS) is 24.8. The Kier molecular flexibility index (Phi) is 5.00. The van der Waals surface area contributed by atoms with Gasteiger partial charge in [-0.25, -0.2) is 0 Å². The van der Waals surface area contributed by atoms with E-state index in [9.17, 15) is 0 Å². The SMILES string of the molecule is CCc1cc(Cl)c2c(n1)[C@@H](C)N[C@H](C)/C=C\CC(C)=C2. The van der Waals surface area contributed by atoms with Gasteiger partial charge < -0.3 is 5.32 Å². The maximum absolute atomic E-state index is 6.48. The number of aromatic nitrogens is 1. The first kappa shape index (κ1) is 15.3. The van der Waals surface area contributed by atoms with Gasteiger partial charge in [0.05, 0.1) is 10.7 Å². The second kappa shape index (κ2) is 6.55. The molecule has 0 unspecified atom stereocenters. The Morgan fingerprint density at radius 1 is 1.40 bits per heavy atom. The van der Waals surface area contributed by atoms with Crippen LogP contribution in [0, 0.1) is 0 Å². The maximum atomic E-state index is 6.48. The highest BCUT2D eigenvalue weighted by atomic mass is 35.5.